The fourth-order valence-corrected chi connectivity index (χ4v) is 2.21. The third kappa shape index (κ3) is 4.04. The maximum atomic E-state index is 12.2. The Morgan fingerprint density at radius 2 is 2.11 bits per heavy atom. The van der Waals surface area contributed by atoms with Crippen LogP contribution in [-0.4, -0.2) is 38.9 Å². The number of hydrogen-bond donors (Lipinski definition) is 1. The minimum Gasteiger partial charge on any atom is -0.459 e. The molecule has 2 rings (SSSR count). The summed E-state index contributed by atoms with van der Waals surface area (Å²) in [5.41, 5.74) is 1.72. The Balaban J connectivity index is 2.00. The molecule has 0 unspecified atom stereocenters. The molecule has 0 bridgehead atoms. The Hall–Kier alpha value is -1.39. The largest absolute Gasteiger partial charge is 0.459 e. The minimum atomic E-state index is -0.210. The van der Waals surface area contributed by atoms with Crippen molar-refractivity contribution in [2.24, 2.45) is 0 Å². The van der Waals surface area contributed by atoms with Gasteiger partial charge in [-0.25, -0.2) is 4.79 Å². The highest BCUT2D eigenvalue weighted by Crippen LogP contribution is 2.16. The van der Waals surface area contributed by atoms with Gasteiger partial charge in [0.05, 0.1) is 18.8 Å². The third-order valence-electron chi connectivity index (χ3n) is 3.32. The van der Waals surface area contributed by atoms with E-state index in [0.717, 1.165) is 31.4 Å². The van der Waals surface area contributed by atoms with Crippen molar-refractivity contribution in [3.05, 3.63) is 35.4 Å². The van der Waals surface area contributed by atoms with Crippen LogP contribution in [0, 0.1) is 0 Å². The van der Waals surface area contributed by atoms with Crippen LogP contribution >= 0.6 is 0 Å². The van der Waals surface area contributed by atoms with Gasteiger partial charge in [-0.05, 0) is 31.6 Å². The molecule has 1 N–H and O–H groups in total. The van der Waals surface area contributed by atoms with Crippen LogP contribution in [0.4, 0.5) is 0 Å². The molecule has 1 aromatic carbocycles. The zero-order valence-electron chi connectivity index (χ0n) is 11.4. The summed E-state index contributed by atoms with van der Waals surface area (Å²) >= 11 is 0. The second kappa shape index (κ2) is 7.26. The van der Waals surface area contributed by atoms with Crippen LogP contribution in [0.3, 0.4) is 0 Å². The van der Waals surface area contributed by atoms with Crippen molar-refractivity contribution in [1.82, 2.24) is 5.32 Å². The van der Waals surface area contributed by atoms with Crippen molar-refractivity contribution in [3.8, 4) is 0 Å². The highest BCUT2D eigenvalue weighted by Gasteiger charge is 2.20. The zero-order valence-corrected chi connectivity index (χ0v) is 11.4. The normalized spacial score (nSPS) is 16.3. The summed E-state index contributed by atoms with van der Waals surface area (Å²) < 4.78 is 10.8. The quantitative estimate of drug-likeness (QED) is 0.823. The number of nitrogens with one attached hydrogen (secondary N) is 1. The summed E-state index contributed by atoms with van der Waals surface area (Å²) in [5.74, 6) is -0.210. The van der Waals surface area contributed by atoms with Crippen LogP contribution in [0.5, 0.6) is 0 Å². The van der Waals surface area contributed by atoms with Gasteiger partial charge in [0.15, 0.2) is 0 Å². The molecule has 0 atom stereocenters. The molecule has 1 aliphatic rings. The number of benzene rings is 1. The average molecular weight is 263 g/mol. The first-order valence-corrected chi connectivity index (χ1v) is 6.82. The summed E-state index contributed by atoms with van der Waals surface area (Å²) in [6.45, 7) is 2.21. The number of esters is 1. The van der Waals surface area contributed by atoms with Crippen molar-refractivity contribution in [2.45, 2.75) is 25.4 Å². The van der Waals surface area contributed by atoms with Crippen LogP contribution in [0.15, 0.2) is 24.3 Å². The van der Waals surface area contributed by atoms with E-state index in [4.69, 9.17) is 9.47 Å². The van der Waals surface area contributed by atoms with Crippen molar-refractivity contribution in [2.75, 3.05) is 26.8 Å². The molecule has 1 saturated heterocycles. The maximum Gasteiger partial charge on any atom is 0.338 e. The van der Waals surface area contributed by atoms with Crippen molar-refractivity contribution in [1.29, 1.82) is 0 Å². The van der Waals surface area contributed by atoms with E-state index in [9.17, 15) is 4.79 Å². The molecule has 104 valence electrons. The standard InChI is InChI=1S/C15H21NO3/c1-16-9-6-12-4-2-3-5-14(12)15(17)19-13-7-10-18-11-8-13/h2-5,13,16H,6-11H2,1H3. The van der Waals surface area contributed by atoms with E-state index >= 15 is 0 Å². The van der Waals surface area contributed by atoms with E-state index in [2.05, 4.69) is 5.32 Å². The predicted octanol–water partition coefficient (Wildman–Crippen LogP) is 1.78. The first kappa shape index (κ1) is 14.0. The molecule has 19 heavy (non-hydrogen) atoms. The van der Waals surface area contributed by atoms with Crippen molar-refractivity contribution >= 4 is 5.97 Å². The number of carbonyl (C=O) groups is 1. The van der Waals surface area contributed by atoms with Gasteiger partial charge in [0.2, 0.25) is 0 Å². The second-order valence-corrected chi connectivity index (χ2v) is 4.73. The van der Waals surface area contributed by atoms with Crippen LogP contribution in [-0.2, 0) is 15.9 Å². The minimum absolute atomic E-state index is 0.00129. The van der Waals surface area contributed by atoms with E-state index in [0.29, 0.717) is 18.8 Å². The van der Waals surface area contributed by atoms with Crippen LogP contribution in [0.25, 0.3) is 0 Å². The highest BCUT2D eigenvalue weighted by atomic mass is 16.6. The van der Waals surface area contributed by atoms with E-state index in [1.54, 1.807) is 0 Å². The lowest BCUT2D eigenvalue weighted by atomic mass is 10.0. The monoisotopic (exact) mass is 263 g/mol. The molecule has 1 fully saturated rings. The predicted molar refractivity (Wildman–Crippen MR) is 73.3 cm³/mol. The summed E-state index contributed by atoms with van der Waals surface area (Å²) in [5, 5.41) is 3.10. The number of carbonyl (C=O) groups excluding carboxylic acids is 1. The molecule has 1 heterocycles. The molecule has 0 aliphatic carbocycles. The Bertz CT molecular complexity index is 414. The number of likely N-dealkylation sites (N-methyl/N-ethyl adjacent to an activating group) is 1. The lowest BCUT2D eigenvalue weighted by Gasteiger charge is -2.22. The molecule has 0 saturated carbocycles. The fourth-order valence-electron chi connectivity index (χ4n) is 2.21. The molecule has 4 heteroatoms. The molecular formula is C15H21NO3. The van der Waals surface area contributed by atoms with E-state index in [-0.39, 0.29) is 12.1 Å². The molecule has 0 aromatic heterocycles. The van der Waals surface area contributed by atoms with Gasteiger partial charge in [-0.3, -0.25) is 0 Å². The van der Waals surface area contributed by atoms with Gasteiger partial charge in [0.25, 0.3) is 0 Å². The molecule has 0 spiro atoms. The highest BCUT2D eigenvalue weighted by molar-refractivity contribution is 5.91. The topological polar surface area (TPSA) is 47.6 Å². The van der Waals surface area contributed by atoms with Gasteiger partial charge in [-0.1, -0.05) is 18.2 Å². The summed E-state index contributed by atoms with van der Waals surface area (Å²) in [7, 11) is 1.91. The first-order chi connectivity index (χ1) is 9.31. The third-order valence-corrected chi connectivity index (χ3v) is 3.32. The van der Waals surface area contributed by atoms with Crippen LogP contribution < -0.4 is 5.32 Å². The van der Waals surface area contributed by atoms with Gasteiger partial charge < -0.3 is 14.8 Å². The zero-order chi connectivity index (χ0) is 13.5. The average Bonchev–Trinajstić information content (AvgIpc) is 2.46. The lowest BCUT2D eigenvalue weighted by Crippen LogP contribution is -2.26. The molecule has 1 aliphatic heterocycles. The van der Waals surface area contributed by atoms with E-state index in [1.165, 1.54) is 0 Å². The Morgan fingerprint density at radius 1 is 1.37 bits per heavy atom. The first-order valence-electron chi connectivity index (χ1n) is 6.82. The second-order valence-electron chi connectivity index (χ2n) is 4.73. The van der Waals surface area contributed by atoms with E-state index in [1.807, 2.05) is 31.3 Å². The van der Waals surface area contributed by atoms with Gasteiger partial charge in [-0.15, -0.1) is 0 Å². The molecule has 1 aromatic rings. The van der Waals surface area contributed by atoms with Crippen LogP contribution in [0.1, 0.15) is 28.8 Å². The van der Waals surface area contributed by atoms with Crippen molar-refractivity contribution in [3.63, 3.8) is 0 Å². The molecular weight excluding hydrogens is 242 g/mol. The smallest absolute Gasteiger partial charge is 0.338 e. The van der Waals surface area contributed by atoms with Crippen molar-refractivity contribution < 1.29 is 14.3 Å². The van der Waals surface area contributed by atoms with E-state index < -0.39 is 0 Å². The Morgan fingerprint density at radius 3 is 2.84 bits per heavy atom. The Kier molecular flexibility index (Phi) is 5.36. The maximum absolute atomic E-state index is 12.2. The summed E-state index contributed by atoms with van der Waals surface area (Å²) in [6, 6.07) is 7.66. The van der Waals surface area contributed by atoms with Gasteiger partial charge in [0, 0.05) is 12.8 Å². The van der Waals surface area contributed by atoms with Gasteiger partial charge in [0.1, 0.15) is 6.10 Å². The van der Waals surface area contributed by atoms with Gasteiger partial charge >= 0.3 is 5.97 Å². The number of ether oxygens (including phenoxy) is 2. The fraction of sp³-hybridized carbons (Fsp3) is 0.533. The molecule has 0 radical (unpaired) electrons. The summed E-state index contributed by atoms with van der Waals surface area (Å²) in [6.07, 6.45) is 2.42. The van der Waals surface area contributed by atoms with Gasteiger partial charge in [-0.2, -0.15) is 0 Å². The SMILES string of the molecule is CNCCc1ccccc1C(=O)OC1CCOCC1. The number of hydrogen-bond acceptors (Lipinski definition) is 4. The molecule has 0 amide bonds. The summed E-state index contributed by atoms with van der Waals surface area (Å²) in [4.78, 5) is 12.2. The number of rotatable bonds is 5. The Labute approximate surface area is 114 Å². The van der Waals surface area contributed by atoms with Crippen LogP contribution in [0.2, 0.25) is 0 Å². The lowest BCUT2D eigenvalue weighted by molar-refractivity contribution is -0.0159. The molecule has 4 nitrogen and oxygen atoms in total.